The van der Waals surface area contributed by atoms with Gasteiger partial charge in [0.2, 0.25) is 0 Å². The third-order valence-corrected chi connectivity index (χ3v) is 4.75. The zero-order chi connectivity index (χ0) is 16.2. The lowest BCUT2D eigenvalue weighted by Gasteiger charge is -2.07. The lowest BCUT2D eigenvalue weighted by atomic mass is 10.0. The summed E-state index contributed by atoms with van der Waals surface area (Å²) >= 11 is 1.46. The van der Waals surface area contributed by atoms with Gasteiger partial charge < -0.3 is 0 Å². The van der Waals surface area contributed by atoms with Gasteiger partial charge in [0.1, 0.15) is 11.4 Å². The Morgan fingerprint density at radius 1 is 1.04 bits per heavy atom. The Hall–Kier alpha value is -2.20. The van der Waals surface area contributed by atoms with Gasteiger partial charge in [0, 0.05) is 10.9 Å². The number of thioether (sulfide) groups is 1. The van der Waals surface area contributed by atoms with E-state index in [-0.39, 0.29) is 5.78 Å². The molecule has 1 aromatic heterocycles. The first-order valence-corrected chi connectivity index (χ1v) is 8.59. The van der Waals surface area contributed by atoms with Crippen molar-refractivity contribution in [3.05, 3.63) is 66.0 Å². The first-order valence-electron chi connectivity index (χ1n) is 7.61. The summed E-state index contributed by atoms with van der Waals surface area (Å²) in [4.78, 5) is 20.9. The minimum absolute atomic E-state index is 0.119. The number of carbonyl (C=O) groups excluding carboxylic acids is 1. The van der Waals surface area contributed by atoms with Crippen LogP contribution in [-0.2, 0) is 0 Å². The van der Waals surface area contributed by atoms with Crippen molar-refractivity contribution in [2.24, 2.45) is 0 Å². The second-order valence-corrected chi connectivity index (χ2v) is 6.65. The van der Waals surface area contributed by atoms with Crippen LogP contribution in [0, 0.1) is 0 Å². The first kappa shape index (κ1) is 15.7. The summed E-state index contributed by atoms with van der Waals surface area (Å²) in [6.45, 7) is 4.29. The molecule has 0 N–H and O–H groups in total. The normalized spacial score (nSPS) is 11.1. The van der Waals surface area contributed by atoms with Crippen LogP contribution >= 0.6 is 11.8 Å². The van der Waals surface area contributed by atoms with Gasteiger partial charge in [0.15, 0.2) is 5.78 Å². The number of Topliss-reactive ketones (excluding diaryl/α,β-unsaturated/α-hetero) is 1. The fourth-order valence-corrected chi connectivity index (χ4v) is 3.25. The quantitative estimate of drug-likeness (QED) is 0.387. The van der Waals surface area contributed by atoms with E-state index < -0.39 is 0 Å². The van der Waals surface area contributed by atoms with E-state index in [0.29, 0.717) is 11.7 Å². The van der Waals surface area contributed by atoms with E-state index in [0.717, 1.165) is 21.5 Å². The molecule has 0 radical (unpaired) electrons. The summed E-state index contributed by atoms with van der Waals surface area (Å²) in [6.07, 6.45) is 1.55. The van der Waals surface area contributed by atoms with Gasteiger partial charge in [-0.2, -0.15) is 0 Å². The molecule has 23 heavy (non-hydrogen) atoms. The maximum atomic E-state index is 12.4. The fraction of sp³-hybridized carbons (Fsp3) is 0.211. The molecular formula is C19H18N2OS. The van der Waals surface area contributed by atoms with Crippen LogP contribution in [0.2, 0.25) is 0 Å². The van der Waals surface area contributed by atoms with Crippen LogP contribution in [0.3, 0.4) is 0 Å². The van der Waals surface area contributed by atoms with Crippen LogP contribution in [0.15, 0.2) is 59.9 Å². The van der Waals surface area contributed by atoms with Crippen LogP contribution in [0.4, 0.5) is 0 Å². The number of nitrogens with zero attached hydrogens (tertiary/aromatic N) is 2. The van der Waals surface area contributed by atoms with Gasteiger partial charge in [-0.1, -0.05) is 68.1 Å². The molecule has 0 amide bonds. The van der Waals surface area contributed by atoms with Crippen LogP contribution in [0.25, 0.3) is 10.9 Å². The number of ketones is 1. The van der Waals surface area contributed by atoms with E-state index in [4.69, 9.17) is 0 Å². The van der Waals surface area contributed by atoms with Crippen molar-refractivity contribution in [3.8, 4) is 0 Å². The second kappa shape index (κ2) is 6.92. The zero-order valence-electron chi connectivity index (χ0n) is 13.2. The number of para-hydroxylation sites is 1. The van der Waals surface area contributed by atoms with Crippen molar-refractivity contribution in [1.82, 2.24) is 9.97 Å². The number of rotatable bonds is 5. The van der Waals surface area contributed by atoms with Crippen molar-refractivity contribution >= 4 is 28.4 Å². The summed E-state index contributed by atoms with van der Waals surface area (Å²) in [6, 6.07) is 15.7. The molecule has 0 bridgehead atoms. The van der Waals surface area contributed by atoms with Gasteiger partial charge in [0.05, 0.1) is 11.3 Å². The molecule has 2 aromatic carbocycles. The summed E-state index contributed by atoms with van der Waals surface area (Å²) in [5.41, 5.74) is 2.90. The van der Waals surface area contributed by atoms with Crippen molar-refractivity contribution in [2.75, 3.05) is 5.75 Å². The highest BCUT2D eigenvalue weighted by atomic mass is 32.2. The van der Waals surface area contributed by atoms with E-state index in [1.54, 1.807) is 6.33 Å². The predicted molar refractivity (Wildman–Crippen MR) is 95.1 cm³/mol. The largest absolute Gasteiger partial charge is 0.293 e. The van der Waals surface area contributed by atoms with Gasteiger partial charge in [-0.15, -0.1) is 0 Å². The highest BCUT2D eigenvalue weighted by Gasteiger charge is 2.10. The van der Waals surface area contributed by atoms with Gasteiger partial charge >= 0.3 is 0 Å². The van der Waals surface area contributed by atoms with Crippen molar-refractivity contribution < 1.29 is 4.79 Å². The van der Waals surface area contributed by atoms with Crippen LogP contribution in [0.5, 0.6) is 0 Å². The number of hydrogen-bond donors (Lipinski definition) is 0. The average molecular weight is 322 g/mol. The van der Waals surface area contributed by atoms with E-state index in [1.807, 2.05) is 48.5 Å². The van der Waals surface area contributed by atoms with Gasteiger partial charge in [-0.25, -0.2) is 9.97 Å². The molecule has 0 fully saturated rings. The Labute approximate surface area is 140 Å². The standard InChI is InChI=1S/C19H18N2OS/c1-13(2)14-7-9-15(10-8-14)18(22)11-23-19-16-5-3-4-6-17(16)20-12-21-19/h3-10,12-13H,11H2,1-2H3. The molecule has 0 unspecified atom stereocenters. The molecule has 0 aliphatic rings. The Balaban J connectivity index is 1.73. The van der Waals surface area contributed by atoms with E-state index >= 15 is 0 Å². The molecule has 116 valence electrons. The van der Waals surface area contributed by atoms with Crippen molar-refractivity contribution in [2.45, 2.75) is 24.8 Å². The monoisotopic (exact) mass is 322 g/mol. The molecule has 0 saturated carbocycles. The topological polar surface area (TPSA) is 42.9 Å². The van der Waals surface area contributed by atoms with Gasteiger partial charge in [0.25, 0.3) is 0 Å². The fourth-order valence-electron chi connectivity index (χ4n) is 2.37. The number of carbonyl (C=O) groups is 1. The molecule has 3 aromatic rings. The number of benzene rings is 2. The third-order valence-electron chi connectivity index (χ3n) is 3.75. The minimum atomic E-state index is 0.119. The summed E-state index contributed by atoms with van der Waals surface area (Å²) in [7, 11) is 0. The smallest absolute Gasteiger partial charge is 0.173 e. The van der Waals surface area contributed by atoms with E-state index in [9.17, 15) is 4.79 Å². The highest BCUT2D eigenvalue weighted by molar-refractivity contribution is 8.00. The average Bonchev–Trinajstić information content (AvgIpc) is 2.59. The van der Waals surface area contributed by atoms with Crippen LogP contribution in [-0.4, -0.2) is 21.5 Å². The van der Waals surface area contributed by atoms with Gasteiger partial charge in [-0.3, -0.25) is 4.79 Å². The summed E-state index contributed by atoms with van der Waals surface area (Å²) in [5, 5.41) is 1.84. The first-order chi connectivity index (χ1) is 11.1. The van der Waals surface area contributed by atoms with E-state index in [2.05, 4.69) is 23.8 Å². The lowest BCUT2D eigenvalue weighted by Crippen LogP contribution is -2.03. The third kappa shape index (κ3) is 3.59. The van der Waals surface area contributed by atoms with Crippen molar-refractivity contribution in [1.29, 1.82) is 0 Å². The van der Waals surface area contributed by atoms with Crippen LogP contribution < -0.4 is 0 Å². The summed E-state index contributed by atoms with van der Waals surface area (Å²) < 4.78 is 0. The molecule has 0 atom stereocenters. The van der Waals surface area contributed by atoms with Crippen LogP contribution in [0.1, 0.15) is 35.7 Å². The molecule has 3 nitrogen and oxygen atoms in total. The number of aromatic nitrogens is 2. The maximum Gasteiger partial charge on any atom is 0.173 e. The van der Waals surface area contributed by atoms with Gasteiger partial charge in [-0.05, 0) is 17.5 Å². The predicted octanol–water partition coefficient (Wildman–Crippen LogP) is 4.73. The van der Waals surface area contributed by atoms with Crippen molar-refractivity contribution in [3.63, 3.8) is 0 Å². The summed E-state index contributed by atoms with van der Waals surface area (Å²) in [5.74, 6) is 0.969. The Morgan fingerprint density at radius 3 is 2.52 bits per heavy atom. The maximum absolute atomic E-state index is 12.4. The minimum Gasteiger partial charge on any atom is -0.293 e. The number of hydrogen-bond acceptors (Lipinski definition) is 4. The molecule has 0 aliphatic heterocycles. The Morgan fingerprint density at radius 2 is 1.78 bits per heavy atom. The Kier molecular flexibility index (Phi) is 4.72. The molecule has 0 aliphatic carbocycles. The van der Waals surface area contributed by atoms with E-state index in [1.165, 1.54) is 17.3 Å². The molecular weight excluding hydrogens is 304 g/mol. The Bertz CT molecular complexity index is 823. The molecule has 1 heterocycles. The molecule has 3 rings (SSSR count). The molecule has 0 spiro atoms. The number of fused-ring (bicyclic) bond motifs is 1. The SMILES string of the molecule is CC(C)c1ccc(C(=O)CSc2ncnc3ccccc23)cc1. The molecule has 4 heteroatoms. The lowest BCUT2D eigenvalue weighted by molar-refractivity contribution is 0.102. The molecule has 0 saturated heterocycles. The highest BCUT2D eigenvalue weighted by Crippen LogP contribution is 2.25. The zero-order valence-corrected chi connectivity index (χ0v) is 14.0. The second-order valence-electron chi connectivity index (χ2n) is 5.68.